The molecule has 2 aromatic rings. The van der Waals surface area contributed by atoms with Gasteiger partial charge in [0, 0.05) is 41.7 Å². The number of amides is 1. The molecular weight excluding hydrogens is 260 g/mol. The molecule has 2 heterocycles. The van der Waals surface area contributed by atoms with Crippen molar-refractivity contribution in [3.05, 3.63) is 35.5 Å². The van der Waals surface area contributed by atoms with Crippen LogP contribution >= 0.6 is 0 Å². The summed E-state index contributed by atoms with van der Waals surface area (Å²) in [6.45, 7) is 6.49. The number of hydrogen-bond acceptors (Lipinski definition) is 1. The fourth-order valence-electron chi connectivity index (χ4n) is 3.71. The lowest BCUT2D eigenvalue weighted by atomic mass is 9.99. The molecule has 1 aromatic heterocycles. The summed E-state index contributed by atoms with van der Waals surface area (Å²) >= 11 is 0. The van der Waals surface area contributed by atoms with E-state index in [0.717, 1.165) is 12.8 Å². The van der Waals surface area contributed by atoms with Crippen molar-refractivity contribution in [2.45, 2.75) is 52.1 Å². The molecule has 0 unspecified atom stereocenters. The van der Waals surface area contributed by atoms with E-state index in [2.05, 4.69) is 61.6 Å². The summed E-state index contributed by atoms with van der Waals surface area (Å²) in [5.74, 6) is 0.307. The first kappa shape index (κ1) is 14.2. The largest absolute Gasteiger partial charge is 0.348 e. The van der Waals surface area contributed by atoms with Gasteiger partial charge in [0.05, 0.1) is 6.04 Å². The van der Waals surface area contributed by atoms with Gasteiger partial charge in [-0.15, -0.1) is 0 Å². The Kier molecular flexibility index (Phi) is 3.52. The third-order valence-electron chi connectivity index (χ3n) is 5.10. The molecule has 1 aromatic carbocycles. The highest BCUT2D eigenvalue weighted by atomic mass is 16.2. The molecule has 1 saturated heterocycles. The quantitative estimate of drug-likeness (QED) is 0.838. The number of aryl methyl sites for hydroxylation is 1. The number of benzene rings is 1. The smallest absolute Gasteiger partial charge is 0.223 e. The number of likely N-dealkylation sites (tertiary alicyclic amines) is 1. The lowest BCUT2D eigenvalue weighted by molar-refractivity contribution is -0.131. The molecule has 3 heteroatoms. The van der Waals surface area contributed by atoms with Crippen molar-refractivity contribution in [3.8, 4) is 0 Å². The van der Waals surface area contributed by atoms with E-state index >= 15 is 0 Å². The van der Waals surface area contributed by atoms with Crippen LogP contribution in [0.1, 0.15) is 50.4 Å². The van der Waals surface area contributed by atoms with Crippen LogP contribution in [0, 0.1) is 6.92 Å². The fraction of sp³-hybridized carbons (Fsp3) is 0.500. The molecule has 1 amide bonds. The number of fused-ring (bicyclic) bond motifs is 1. The molecule has 0 saturated carbocycles. The van der Waals surface area contributed by atoms with E-state index in [4.69, 9.17) is 0 Å². The molecule has 112 valence electrons. The van der Waals surface area contributed by atoms with Crippen molar-refractivity contribution in [3.63, 3.8) is 0 Å². The Morgan fingerprint density at radius 3 is 2.76 bits per heavy atom. The standard InChI is InChI=1S/C18H24N2O/c1-5-12(2)20-16(10-11-17(20)21)18-13(3)19(4)15-9-7-6-8-14(15)18/h6-9,12,16H,5,10-11H2,1-4H3/t12-,16+/m1/s1. The van der Waals surface area contributed by atoms with Gasteiger partial charge in [0.25, 0.3) is 0 Å². The molecule has 0 aliphatic carbocycles. The minimum absolute atomic E-state index is 0.235. The van der Waals surface area contributed by atoms with Crippen molar-refractivity contribution in [2.75, 3.05) is 0 Å². The summed E-state index contributed by atoms with van der Waals surface area (Å²) < 4.78 is 2.25. The van der Waals surface area contributed by atoms with Crippen LogP contribution in [-0.2, 0) is 11.8 Å². The maximum Gasteiger partial charge on any atom is 0.223 e. The van der Waals surface area contributed by atoms with Gasteiger partial charge in [0.2, 0.25) is 5.91 Å². The second-order valence-corrected chi connectivity index (χ2v) is 6.19. The Labute approximate surface area is 126 Å². The second kappa shape index (κ2) is 5.21. The van der Waals surface area contributed by atoms with E-state index in [9.17, 15) is 4.79 Å². The highest BCUT2D eigenvalue weighted by Crippen LogP contribution is 2.41. The maximum absolute atomic E-state index is 12.3. The van der Waals surface area contributed by atoms with E-state index in [1.165, 1.54) is 22.2 Å². The molecule has 0 N–H and O–H groups in total. The molecule has 1 fully saturated rings. The number of para-hydroxylation sites is 1. The summed E-state index contributed by atoms with van der Waals surface area (Å²) in [4.78, 5) is 14.5. The van der Waals surface area contributed by atoms with Gasteiger partial charge < -0.3 is 9.47 Å². The molecule has 3 nitrogen and oxygen atoms in total. The zero-order valence-electron chi connectivity index (χ0n) is 13.4. The van der Waals surface area contributed by atoms with Crippen LogP contribution in [0.25, 0.3) is 10.9 Å². The first-order valence-corrected chi connectivity index (χ1v) is 7.91. The van der Waals surface area contributed by atoms with Gasteiger partial charge in [-0.1, -0.05) is 25.1 Å². The average Bonchev–Trinajstić information content (AvgIpc) is 2.98. The normalized spacial score (nSPS) is 20.5. The molecule has 1 aliphatic rings. The summed E-state index contributed by atoms with van der Waals surface area (Å²) in [6.07, 6.45) is 2.63. The topological polar surface area (TPSA) is 25.2 Å². The monoisotopic (exact) mass is 284 g/mol. The zero-order chi connectivity index (χ0) is 15.1. The van der Waals surface area contributed by atoms with Gasteiger partial charge in [-0.3, -0.25) is 4.79 Å². The van der Waals surface area contributed by atoms with Gasteiger partial charge in [-0.05, 0) is 32.8 Å². The Bertz CT molecular complexity index is 686. The summed E-state index contributed by atoms with van der Waals surface area (Å²) in [5, 5.41) is 1.30. The van der Waals surface area contributed by atoms with Gasteiger partial charge in [0.1, 0.15) is 0 Å². The van der Waals surface area contributed by atoms with Crippen LogP contribution in [0.4, 0.5) is 0 Å². The van der Waals surface area contributed by atoms with Gasteiger partial charge in [0.15, 0.2) is 0 Å². The molecule has 2 atom stereocenters. The van der Waals surface area contributed by atoms with Crippen LogP contribution < -0.4 is 0 Å². The third-order valence-corrected chi connectivity index (χ3v) is 5.10. The Morgan fingerprint density at radius 1 is 1.33 bits per heavy atom. The number of carbonyl (C=O) groups excluding carboxylic acids is 1. The predicted molar refractivity (Wildman–Crippen MR) is 86.2 cm³/mol. The molecule has 21 heavy (non-hydrogen) atoms. The van der Waals surface area contributed by atoms with E-state index < -0.39 is 0 Å². The number of carbonyl (C=O) groups is 1. The minimum atomic E-state index is 0.235. The van der Waals surface area contributed by atoms with Crippen molar-refractivity contribution < 1.29 is 4.79 Å². The van der Waals surface area contributed by atoms with Crippen LogP contribution in [-0.4, -0.2) is 21.4 Å². The average molecular weight is 284 g/mol. The lowest BCUT2D eigenvalue weighted by Crippen LogP contribution is -2.35. The molecular formula is C18H24N2O. The highest BCUT2D eigenvalue weighted by molar-refractivity contribution is 5.88. The first-order valence-electron chi connectivity index (χ1n) is 7.91. The van der Waals surface area contributed by atoms with Gasteiger partial charge >= 0.3 is 0 Å². The molecule has 3 rings (SSSR count). The lowest BCUT2D eigenvalue weighted by Gasteiger charge is -2.31. The highest BCUT2D eigenvalue weighted by Gasteiger charge is 2.37. The van der Waals surface area contributed by atoms with Crippen LogP contribution in [0.5, 0.6) is 0 Å². The summed E-state index contributed by atoms with van der Waals surface area (Å²) in [5.41, 5.74) is 3.89. The zero-order valence-corrected chi connectivity index (χ0v) is 13.4. The van der Waals surface area contributed by atoms with E-state index in [1.54, 1.807) is 0 Å². The van der Waals surface area contributed by atoms with E-state index in [1.807, 2.05) is 0 Å². The SMILES string of the molecule is CC[C@@H](C)N1C(=O)CC[C@H]1c1c(C)n(C)c2ccccc12. The number of rotatable bonds is 3. The van der Waals surface area contributed by atoms with Crippen LogP contribution in [0.2, 0.25) is 0 Å². The summed E-state index contributed by atoms with van der Waals surface area (Å²) in [7, 11) is 2.12. The van der Waals surface area contributed by atoms with Crippen molar-refractivity contribution >= 4 is 16.8 Å². The Balaban J connectivity index is 2.16. The molecule has 0 bridgehead atoms. The fourth-order valence-corrected chi connectivity index (χ4v) is 3.71. The first-order chi connectivity index (χ1) is 10.1. The van der Waals surface area contributed by atoms with Crippen molar-refractivity contribution in [1.29, 1.82) is 0 Å². The van der Waals surface area contributed by atoms with E-state index in [-0.39, 0.29) is 6.04 Å². The van der Waals surface area contributed by atoms with Crippen LogP contribution in [0.3, 0.4) is 0 Å². The van der Waals surface area contributed by atoms with Crippen LogP contribution in [0.15, 0.2) is 24.3 Å². The Hall–Kier alpha value is -1.77. The van der Waals surface area contributed by atoms with Gasteiger partial charge in [-0.2, -0.15) is 0 Å². The minimum Gasteiger partial charge on any atom is -0.348 e. The molecule has 0 radical (unpaired) electrons. The Morgan fingerprint density at radius 2 is 2.05 bits per heavy atom. The van der Waals surface area contributed by atoms with Gasteiger partial charge in [-0.25, -0.2) is 0 Å². The van der Waals surface area contributed by atoms with Crippen molar-refractivity contribution in [2.24, 2.45) is 7.05 Å². The van der Waals surface area contributed by atoms with E-state index in [0.29, 0.717) is 18.4 Å². The summed E-state index contributed by atoms with van der Waals surface area (Å²) in [6, 6.07) is 9.07. The maximum atomic E-state index is 12.3. The number of aromatic nitrogens is 1. The van der Waals surface area contributed by atoms with Crippen molar-refractivity contribution in [1.82, 2.24) is 9.47 Å². The number of hydrogen-bond donors (Lipinski definition) is 0. The molecule has 0 spiro atoms. The molecule has 1 aliphatic heterocycles. The number of nitrogens with zero attached hydrogens (tertiary/aromatic N) is 2. The third kappa shape index (κ3) is 2.06. The predicted octanol–water partition coefficient (Wildman–Crippen LogP) is 3.95. The second-order valence-electron chi connectivity index (χ2n) is 6.19.